The van der Waals surface area contributed by atoms with Crippen LogP contribution < -0.4 is 10.0 Å². The van der Waals surface area contributed by atoms with Gasteiger partial charge in [0, 0.05) is 36.2 Å². The molecule has 2 aromatic carbocycles. The molecule has 29 heavy (non-hydrogen) atoms. The van der Waals surface area contributed by atoms with Crippen LogP contribution >= 0.6 is 0 Å². The summed E-state index contributed by atoms with van der Waals surface area (Å²) in [5.74, 6) is 0.643. The maximum Gasteiger partial charge on any atom is 0.251 e. The van der Waals surface area contributed by atoms with Crippen molar-refractivity contribution in [1.29, 1.82) is 0 Å². The molecule has 2 heterocycles. The molecule has 7 nitrogen and oxygen atoms in total. The highest BCUT2D eigenvalue weighted by Crippen LogP contribution is 2.22. The number of aryl methyl sites for hydroxylation is 1. The summed E-state index contributed by atoms with van der Waals surface area (Å²) in [6, 6.07) is 11.9. The number of hydrogen-bond donors (Lipinski definition) is 2. The van der Waals surface area contributed by atoms with Crippen LogP contribution in [0.1, 0.15) is 40.3 Å². The molecule has 0 spiro atoms. The monoisotopic (exact) mass is 410 g/mol. The predicted molar refractivity (Wildman–Crippen MR) is 110 cm³/mol. The van der Waals surface area contributed by atoms with Crippen LogP contribution in [0.25, 0.3) is 5.69 Å². The smallest absolute Gasteiger partial charge is 0.251 e. The van der Waals surface area contributed by atoms with E-state index in [4.69, 9.17) is 0 Å². The number of benzene rings is 2. The number of nitrogens with zero attached hydrogens (tertiary/aromatic N) is 2. The van der Waals surface area contributed by atoms with E-state index in [2.05, 4.69) is 15.0 Å². The fourth-order valence-electron chi connectivity index (χ4n) is 3.50. The molecule has 0 aliphatic carbocycles. The summed E-state index contributed by atoms with van der Waals surface area (Å²) in [5, 5.41) is 2.74. The number of carbonyl (C=O) groups is 1. The molecule has 0 bridgehead atoms. The van der Waals surface area contributed by atoms with Gasteiger partial charge in [-0.15, -0.1) is 0 Å². The summed E-state index contributed by atoms with van der Waals surface area (Å²) in [5.41, 5.74) is 3.09. The van der Waals surface area contributed by atoms with E-state index in [0.29, 0.717) is 18.5 Å². The van der Waals surface area contributed by atoms with Crippen molar-refractivity contribution in [3.63, 3.8) is 0 Å². The highest BCUT2D eigenvalue weighted by Gasteiger charge is 2.23. The van der Waals surface area contributed by atoms with E-state index in [-0.39, 0.29) is 10.8 Å². The standard InChI is InChI=1S/C21H22N4O3S/c1-14(16-3-6-18(7-4-16)25-12-11-22-15(25)2)24-29(27,28)19-8-5-17-9-10-23-21(26)20(17)13-19/h3-8,11-14,24H,9-10H2,1-2H3,(H,23,26)/t14-/m1/s1. The van der Waals surface area contributed by atoms with E-state index < -0.39 is 16.1 Å². The van der Waals surface area contributed by atoms with E-state index >= 15 is 0 Å². The molecule has 1 aliphatic heterocycles. The largest absolute Gasteiger partial charge is 0.352 e. The zero-order valence-corrected chi connectivity index (χ0v) is 17.0. The van der Waals surface area contributed by atoms with Gasteiger partial charge in [0.2, 0.25) is 10.0 Å². The third kappa shape index (κ3) is 3.81. The summed E-state index contributed by atoms with van der Waals surface area (Å²) in [6.07, 6.45) is 4.32. The number of rotatable bonds is 5. The Balaban J connectivity index is 1.54. The van der Waals surface area contributed by atoms with Crippen LogP contribution in [-0.4, -0.2) is 30.4 Å². The maximum atomic E-state index is 12.9. The molecular weight excluding hydrogens is 388 g/mol. The first-order valence-electron chi connectivity index (χ1n) is 9.39. The SMILES string of the molecule is Cc1nccn1-c1ccc([C@@H](C)NS(=O)(=O)c2ccc3c(c2)C(=O)NCC3)cc1. The van der Waals surface area contributed by atoms with Crippen molar-refractivity contribution in [2.45, 2.75) is 31.2 Å². The van der Waals surface area contributed by atoms with E-state index in [1.807, 2.05) is 42.0 Å². The molecule has 3 aromatic rings. The van der Waals surface area contributed by atoms with Crippen molar-refractivity contribution >= 4 is 15.9 Å². The average molecular weight is 410 g/mol. The molecule has 1 aliphatic rings. The van der Waals surface area contributed by atoms with Gasteiger partial charge in [0.25, 0.3) is 5.91 Å². The van der Waals surface area contributed by atoms with Crippen molar-refractivity contribution in [1.82, 2.24) is 19.6 Å². The van der Waals surface area contributed by atoms with Gasteiger partial charge in [-0.1, -0.05) is 18.2 Å². The quantitative estimate of drug-likeness (QED) is 0.676. The van der Waals surface area contributed by atoms with E-state index in [0.717, 1.165) is 22.6 Å². The molecule has 1 amide bonds. The molecule has 0 fully saturated rings. The number of fused-ring (bicyclic) bond motifs is 1. The van der Waals surface area contributed by atoms with Gasteiger partial charge in [0.05, 0.1) is 4.90 Å². The summed E-state index contributed by atoms with van der Waals surface area (Å²) in [7, 11) is -3.77. The van der Waals surface area contributed by atoms with E-state index in [1.54, 1.807) is 25.3 Å². The topological polar surface area (TPSA) is 93.1 Å². The summed E-state index contributed by atoms with van der Waals surface area (Å²) >= 11 is 0. The number of sulfonamides is 1. The maximum absolute atomic E-state index is 12.9. The van der Waals surface area contributed by atoms with Crippen molar-refractivity contribution < 1.29 is 13.2 Å². The Hall–Kier alpha value is -2.97. The first-order chi connectivity index (χ1) is 13.8. The lowest BCUT2D eigenvalue weighted by Crippen LogP contribution is -2.32. The lowest BCUT2D eigenvalue weighted by molar-refractivity contribution is 0.0945. The van der Waals surface area contributed by atoms with Crippen LogP contribution in [0.5, 0.6) is 0 Å². The Morgan fingerprint density at radius 3 is 2.62 bits per heavy atom. The molecule has 2 N–H and O–H groups in total. The van der Waals surface area contributed by atoms with Crippen molar-refractivity contribution in [2.75, 3.05) is 6.54 Å². The van der Waals surface area contributed by atoms with Gasteiger partial charge in [0.1, 0.15) is 5.82 Å². The van der Waals surface area contributed by atoms with Gasteiger partial charge in [-0.3, -0.25) is 4.79 Å². The van der Waals surface area contributed by atoms with Gasteiger partial charge < -0.3 is 9.88 Å². The fraction of sp³-hybridized carbons (Fsp3) is 0.238. The molecule has 0 saturated carbocycles. The second kappa shape index (κ2) is 7.46. The summed E-state index contributed by atoms with van der Waals surface area (Å²) in [6.45, 7) is 4.28. The van der Waals surface area contributed by atoms with Gasteiger partial charge in [-0.2, -0.15) is 0 Å². The van der Waals surface area contributed by atoms with Crippen LogP contribution in [0.2, 0.25) is 0 Å². The molecule has 0 unspecified atom stereocenters. The molecule has 0 radical (unpaired) electrons. The van der Waals surface area contributed by atoms with Crippen molar-refractivity contribution in [2.24, 2.45) is 0 Å². The van der Waals surface area contributed by atoms with Gasteiger partial charge in [-0.25, -0.2) is 18.1 Å². The predicted octanol–water partition coefficient (Wildman–Crippen LogP) is 2.51. The molecule has 1 atom stereocenters. The number of imidazole rings is 1. The fourth-order valence-corrected chi connectivity index (χ4v) is 4.76. The van der Waals surface area contributed by atoms with Crippen molar-refractivity contribution in [3.05, 3.63) is 77.4 Å². The molecule has 4 rings (SSSR count). The van der Waals surface area contributed by atoms with Crippen LogP contribution in [0.3, 0.4) is 0 Å². The minimum atomic E-state index is -3.77. The Kier molecular flexibility index (Phi) is 4.97. The Bertz CT molecular complexity index is 1170. The third-order valence-electron chi connectivity index (χ3n) is 5.15. The number of carbonyl (C=O) groups excluding carboxylic acids is 1. The van der Waals surface area contributed by atoms with Crippen LogP contribution in [0, 0.1) is 6.92 Å². The second-order valence-electron chi connectivity index (χ2n) is 7.10. The number of nitrogens with one attached hydrogen (secondary N) is 2. The van der Waals surface area contributed by atoms with E-state index in [9.17, 15) is 13.2 Å². The number of aromatic nitrogens is 2. The van der Waals surface area contributed by atoms with Crippen LogP contribution in [-0.2, 0) is 16.4 Å². The van der Waals surface area contributed by atoms with Crippen LogP contribution in [0.15, 0.2) is 59.8 Å². The molecule has 150 valence electrons. The first-order valence-corrected chi connectivity index (χ1v) is 10.9. The lowest BCUT2D eigenvalue weighted by Gasteiger charge is -2.19. The van der Waals surface area contributed by atoms with Crippen molar-refractivity contribution in [3.8, 4) is 5.69 Å². The zero-order chi connectivity index (χ0) is 20.6. The van der Waals surface area contributed by atoms with Gasteiger partial charge in [0.15, 0.2) is 0 Å². The molecule has 1 aromatic heterocycles. The zero-order valence-electron chi connectivity index (χ0n) is 16.2. The minimum absolute atomic E-state index is 0.0887. The Labute approximate surface area is 169 Å². The minimum Gasteiger partial charge on any atom is -0.352 e. The number of amides is 1. The normalized spacial score (nSPS) is 14.9. The Morgan fingerprint density at radius 1 is 1.17 bits per heavy atom. The molecular formula is C21H22N4O3S. The molecule has 0 saturated heterocycles. The van der Waals surface area contributed by atoms with Gasteiger partial charge in [-0.05, 0) is 55.7 Å². The van der Waals surface area contributed by atoms with Gasteiger partial charge >= 0.3 is 0 Å². The second-order valence-corrected chi connectivity index (χ2v) is 8.82. The highest BCUT2D eigenvalue weighted by atomic mass is 32.2. The first kappa shape index (κ1) is 19.4. The van der Waals surface area contributed by atoms with Crippen LogP contribution in [0.4, 0.5) is 0 Å². The molecule has 8 heteroatoms. The lowest BCUT2D eigenvalue weighted by atomic mass is 10.0. The number of hydrogen-bond acceptors (Lipinski definition) is 4. The third-order valence-corrected chi connectivity index (χ3v) is 6.68. The summed E-state index contributed by atoms with van der Waals surface area (Å²) in [4.78, 5) is 16.3. The summed E-state index contributed by atoms with van der Waals surface area (Å²) < 4.78 is 30.4. The average Bonchev–Trinajstić information content (AvgIpc) is 3.14. The Morgan fingerprint density at radius 2 is 1.93 bits per heavy atom. The highest BCUT2D eigenvalue weighted by molar-refractivity contribution is 7.89. The van der Waals surface area contributed by atoms with E-state index in [1.165, 1.54) is 6.07 Å².